The standard InChI is InChI=1S/C13H11N3OS/c14-6-9-3-1-2-4-12(9)16-7-11-5-10(8-18-11)13(15)17/h1-5,8,16H,7H2,(H2,15,17). The zero-order valence-electron chi connectivity index (χ0n) is 9.51. The number of nitriles is 1. The smallest absolute Gasteiger partial charge is 0.249 e. The lowest BCUT2D eigenvalue weighted by molar-refractivity contribution is 0.100. The first-order valence-electron chi connectivity index (χ1n) is 5.31. The van der Waals surface area contributed by atoms with Gasteiger partial charge >= 0.3 is 0 Å². The summed E-state index contributed by atoms with van der Waals surface area (Å²) in [6.07, 6.45) is 0. The molecule has 2 rings (SSSR count). The Labute approximate surface area is 109 Å². The molecular weight excluding hydrogens is 246 g/mol. The SMILES string of the molecule is N#Cc1ccccc1NCc1cc(C(N)=O)cs1. The molecule has 0 atom stereocenters. The number of nitrogens with two attached hydrogens (primary N) is 1. The monoisotopic (exact) mass is 257 g/mol. The zero-order valence-corrected chi connectivity index (χ0v) is 10.3. The maximum atomic E-state index is 11.0. The average molecular weight is 257 g/mol. The number of para-hydroxylation sites is 1. The topological polar surface area (TPSA) is 78.9 Å². The van der Waals surface area contributed by atoms with Crippen molar-refractivity contribution in [3.8, 4) is 6.07 Å². The fourth-order valence-corrected chi connectivity index (χ4v) is 2.33. The second-order valence-corrected chi connectivity index (χ2v) is 4.67. The van der Waals surface area contributed by atoms with Crippen LogP contribution in [0.3, 0.4) is 0 Å². The van der Waals surface area contributed by atoms with Crippen LogP contribution in [0.5, 0.6) is 0 Å². The summed E-state index contributed by atoms with van der Waals surface area (Å²) >= 11 is 1.46. The summed E-state index contributed by atoms with van der Waals surface area (Å²) in [5.41, 5.74) is 7.09. The number of benzene rings is 1. The van der Waals surface area contributed by atoms with E-state index < -0.39 is 5.91 Å². The maximum Gasteiger partial charge on any atom is 0.249 e. The summed E-state index contributed by atoms with van der Waals surface area (Å²) in [6.45, 7) is 0.566. The molecule has 0 spiro atoms. The molecule has 0 aliphatic heterocycles. The molecule has 1 amide bonds. The molecule has 0 saturated heterocycles. The van der Waals surface area contributed by atoms with Gasteiger partial charge in [-0.3, -0.25) is 4.79 Å². The molecule has 0 fully saturated rings. The zero-order chi connectivity index (χ0) is 13.0. The minimum atomic E-state index is -0.421. The number of carbonyl (C=O) groups excluding carboxylic acids is 1. The summed E-state index contributed by atoms with van der Waals surface area (Å²) in [7, 11) is 0. The van der Waals surface area contributed by atoms with Gasteiger partial charge in [0.1, 0.15) is 6.07 Å². The fraction of sp³-hybridized carbons (Fsp3) is 0.0769. The van der Waals surface area contributed by atoms with Gasteiger partial charge in [0.2, 0.25) is 5.91 Å². The number of nitrogens with zero attached hydrogens (tertiary/aromatic N) is 1. The summed E-state index contributed by atoms with van der Waals surface area (Å²) in [6, 6.07) is 11.2. The molecule has 4 nitrogen and oxygen atoms in total. The van der Waals surface area contributed by atoms with E-state index in [0.29, 0.717) is 17.7 Å². The Balaban J connectivity index is 2.07. The van der Waals surface area contributed by atoms with Crippen LogP contribution in [0.25, 0.3) is 0 Å². The van der Waals surface area contributed by atoms with Crippen molar-refractivity contribution in [2.24, 2.45) is 5.73 Å². The van der Waals surface area contributed by atoms with Crippen LogP contribution in [0.1, 0.15) is 20.8 Å². The van der Waals surface area contributed by atoms with E-state index in [9.17, 15) is 4.79 Å². The van der Waals surface area contributed by atoms with Crippen LogP contribution in [0, 0.1) is 11.3 Å². The highest BCUT2D eigenvalue weighted by molar-refractivity contribution is 7.10. The number of thiophene rings is 1. The van der Waals surface area contributed by atoms with E-state index in [1.165, 1.54) is 11.3 Å². The van der Waals surface area contributed by atoms with E-state index in [1.807, 2.05) is 18.2 Å². The van der Waals surface area contributed by atoms with Crippen molar-refractivity contribution in [1.82, 2.24) is 0 Å². The summed E-state index contributed by atoms with van der Waals surface area (Å²) in [5.74, 6) is -0.421. The van der Waals surface area contributed by atoms with Crippen LogP contribution >= 0.6 is 11.3 Å². The number of amides is 1. The predicted molar refractivity (Wildman–Crippen MR) is 71.3 cm³/mol. The van der Waals surface area contributed by atoms with Crippen molar-refractivity contribution in [2.75, 3.05) is 5.32 Å². The third-order valence-corrected chi connectivity index (χ3v) is 3.38. The van der Waals surface area contributed by atoms with Gasteiger partial charge in [-0.1, -0.05) is 12.1 Å². The Morgan fingerprint density at radius 1 is 1.44 bits per heavy atom. The van der Waals surface area contributed by atoms with E-state index in [2.05, 4.69) is 11.4 Å². The number of hydrogen-bond donors (Lipinski definition) is 2. The Hall–Kier alpha value is -2.32. The first-order chi connectivity index (χ1) is 8.70. The first-order valence-corrected chi connectivity index (χ1v) is 6.19. The molecule has 90 valence electrons. The van der Waals surface area contributed by atoms with Gasteiger partial charge in [-0.15, -0.1) is 11.3 Å². The predicted octanol–water partition coefficient (Wildman–Crippen LogP) is 2.33. The van der Waals surface area contributed by atoms with Gasteiger partial charge in [0.05, 0.1) is 16.8 Å². The van der Waals surface area contributed by atoms with Gasteiger partial charge in [-0.2, -0.15) is 5.26 Å². The molecule has 0 unspecified atom stereocenters. The highest BCUT2D eigenvalue weighted by Gasteiger charge is 2.05. The highest BCUT2D eigenvalue weighted by atomic mass is 32.1. The number of carbonyl (C=O) groups is 1. The molecule has 1 aromatic heterocycles. The van der Waals surface area contributed by atoms with Crippen LogP contribution in [0.2, 0.25) is 0 Å². The average Bonchev–Trinajstić information content (AvgIpc) is 2.85. The summed E-state index contributed by atoms with van der Waals surface area (Å²) in [4.78, 5) is 12.0. The lowest BCUT2D eigenvalue weighted by Gasteiger charge is -2.05. The molecule has 0 bridgehead atoms. The third kappa shape index (κ3) is 2.67. The lowest BCUT2D eigenvalue weighted by Crippen LogP contribution is -2.09. The quantitative estimate of drug-likeness (QED) is 0.882. The van der Waals surface area contributed by atoms with Crippen LogP contribution in [-0.2, 0) is 6.54 Å². The molecule has 18 heavy (non-hydrogen) atoms. The van der Waals surface area contributed by atoms with Gasteiger partial charge < -0.3 is 11.1 Å². The maximum absolute atomic E-state index is 11.0. The molecule has 1 aromatic carbocycles. The Morgan fingerprint density at radius 2 is 2.22 bits per heavy atom. The number of primary amides is 1. The highest BCUT2D eigenvalue weighted by Crippen LogP contribution is 2.18. The second kappa shape index (κ2) is 5.34. The molecule has 3 N–H and O–H groups in total. The lowest BCUT2D eigenvalue weighted by atomic mass is 10.2. The molecular formula is C13H11N3OS. The van der Waals surface area contributed by atoms with Gasteiger partial charge in [-0.05, 0) is 18.2 Å². The van der Waals surface area contributed by atoms with Crippen molar-refractivity contribution in [3.05, 3.63) is 51.7 Å². The van der Waals surface area contributed by atoms with Crippen LogP contribution < -0.4 is 11.1 Å². The van der Waals surface area contributed by atoms with Crippen molar-refractivity contribution in [3.63, 3.8) is 0 Å². The Bertz CT molecular complexity index is 613. The normalized spacial score (nSPS) is 9.72. The number of rotatable bonds is 4. The number of hydrogen-bond acceptors (Lipinski definition) is 4. The number of nitrogens with one attached hydrogen (secondary N) is 1. The van der Waals surface area contributed by atoms with Crippen LogP contribution in [0.4, 0.5) is 5.69 Å². The first kappa shape index (κ1) is 12.1. The van der Waals surface area contributed by atoms with Crippen molar-refractivity contribution in [1.29, 1.82) is 5.26 Å². The van der Waals surface area contributed by atoms with E-state index in [-0.39, 0.29) is 0 Å². The van der Waals surface area contributed by atoms with Crippen molar-refractivity contribution < 1.29 is 4.79 Å². The van der Waals surface area contributed by atoms with E-state index in [4.69, 9.17) is 11.0 Å². The van der Waals surface area contributed by atoms with E-state index in [1.54, 1.807) is 17.5 Å². The van der Waals surface area contributed by atoms with Crippen molar-refractivity contribution >= 4 is 22.9 Å². The van der Waals surface area contributed by atoms with Crippen LogP contribution in [-0.4, -0.2) is 5.91 Å². The van der Waals surface area contributed by atoms with Gasteiger partial charge in [0, 0.05) is 16.8 Å². The Morgan fingerprint density at radius 3 is 2.89 bits per heavy atom. The molecule has 0 aliphatic carbocycles. The second-order valence-electron chi connectivity index (χ2n) is 3.68. The molecule has 0 aliphatic rings. The minimum absolute atomic E-state index is 0.421. The largest absolute Gasteiger partial charge is 0.379 e. The van der Waals surface area contributed by atoms with E-state index in [0.717, 1.165) is 10.6 Å². The third-order valence-electron chi connectivity index (χ3n) is 2.44. The van der Waals surface area contributed by atoms with E-state index >= 15 is 0 Å². The van der Waals surface area contributed by atoms with Gasteiger partial charge in [0.25, 0.3) is 0 Å². The minimum Gasteiger partial charge on any atom is -0.379 e. The Kier molecular flexibility index (Phi) is 3.60. The van der Waals surface area contributed by atoms with Crippen LogP contribution in [0.15, 0.2) is 35.7 Å². The van der Waals surface area contributed by atoms with Gasteiger partial charge in [-0.25, -0.2) is 0 Å². The molecule has 0 radical (unpaired) electrons. The fourth-order valence-electron chi connectivity index (χ4n) is 1.52. The summed E-state index contributed by atoms with van der Waals surface area (Å²) in [5, 5.41) is 13.8. The molecule has 5 heteroatoms. The molecule has 1 heterocycles. The summed E-state index contributed by atoms with van der Waals surface area (Å²) < 4.78 is 0. The molecule has 0 saturated carbocycles. The number of anilines is 1. The van der Waals surface area contributed by atoms with Crippen molar-refractivity contribution in [2.45, 2.75) is 6.54 Å². The van der Waals surface area contributed by atoms with Gasteiger partial charge in [0.15, 0.2) is 0 Å². The molecule has 2 aromatic rings.